The predicted molar refractivity (Wildman–Crippen MR) is 108 cm³/mol. The molecule has 170 valence electrons. The van der Waals surface area contributed by atoms with Crippen LogP contribution in [0.2, 0.25) is 0 Å². The van der Waals surface area contributed by atoms with Gasteiger partial charge in [-0.1, -0.05) is 11.2 Å². The zero-order valence-electron chi connectivity index (χ0n) is 17.3. The molecule has 0 atom stereocenters. The van der Waals surface area contributed by atoms with Gasteiger partial charge in [0.2, 0.25) is 5.76 Å². The quantitative estimate of drug-likeness (QED) is 0.470. The third-order valence-corrected chi connectivity index (χ3v) is 4.73. The molecule has 0 unspecified atom stereocenters. The Labute approximate surface area is 183 Å². The number of hydrogen-bond acceptors (Lipinski definition) is 7. The van der Waals surface area contributed by atoms with Gasteiger partial charge >= 0.3 is 6.18 Å². The number of imidazole rings is 1. The number of rotatable bonds is 5. The van der Waals surface area contributed by atoms with Gasteiger partial charge in [0, 0.05) is 18.8 Å². The second kappa shape index (κ2) is 8.33. The number of hydrogen-bond donors (Lipinski definition) is 2. The molecule has 4 aromatic rings. The Morgan fingerprint density at radius 1 is 1.12 bits per heavy atom. The van der Waals surface area contributed by atoms with E-state index >= 15 is 0 Å². The first-order chi connectivity index (χ1) is 15.6. The van der Waals surface area contributed by atoms with Crippen LogP contribution in [0.4, 0.5) is 18.9 Å². The van der Waals surface area contributed by atoms with Crippen LogP contribution in [0.3, 0.4) is 0 Å². The van der Waals surface area contributed by atoms with Crippen LogP contribution in [0.1, 0.15) is 37.9 Å². The highest BCUT2D eigenvalue weighted by molar-refractivity contribution is 6.03. The Hall–Kier alpha value is -4.29. The summed E-state index contributed by atoms with van der Waals surface area (Å²) in [6, 6.07) is 4.71. The van der Waals surface area contributed by atoms with Crippen LogP contribution >= 0.6 is 0 Å². The zero-order chi connectivity index (χ0) is 23.8. The number of aryl methyl sites for hydroxylation is 2. The smallest absolute Gasteiger partial charge is 0.351 e. The summed E-state index contributed by atoms with van der Waals surface area (Å²) >= 11 is 0. The lowest BCUT2D eigenvalue weighted by molar-refractivity contribution is -0.138. The Kier molecular flexibility index (Phi) is 5.54. The SMILES string of the molecule is Cc1ccc(NC(=O)c2cc(CNC(=O)c3ncnc4c3ncn4C)no2)cc1C(F)(F)F. The van der Waals surface area contributed by atoms with Gasteiger partial charge < -0.3 is 19.7 Å². The van der Waals surface area contributed by atoms with Crippen LogP contribution in [-0.2, 0) is 19.8 Å². The van der Waals surface area contributed by atoms with Gasteiger partial charge in [0.1, 0.15) is 17.5 Å². The maximum Gasteiger partial charge on any atom is 0.416 e. The first-order valence-corrected chi connectivity index (χ1v) is 9.48. The average Bonchev–Trinajstić information content (AvgIpc) is 3.40. The van der Waals surface area contributed by atoms with E-state index in [9.17, 15) is 22.8 Å². The van der Waals surface area contributed by atoms with Crippen molar-refractivity contribution < 1.29 is 27.3 Å². The van der Waals surface area contributed by atoms with Crippen molar-refractivity contribution in [3.8, 4) is 0 Å². The van der Waals surface area contributed by atoms with Gasteiger partial charge in [0.15, 0.2) is 11.3 Å². The summed E-state index contributed by atoms with van der Waals surface area (Å²) in [5.74, 6) is -1.56. The highest BCUT2D eigenvalue weighted by Crippen LogP contribution is 2.33. The number of fused-ring (bicyclic) bond motifs is 1. The minimum atomic E-state index is -4.55. The molecule has 1 aromatic carbocycles. The van der Waals surface area contributed by atoms with E-state index in [1.165, 1.54) is 37.8 Å². The molecule has 2 amide bonds. The van der Waals surface area contributed by atoms with Crippen molar-refractivity contribution in [1.29, 1.82) is 0 Å². The molecule has 0 fully saturated rings. The van der Waals surface area contributed by atoms with E-state index in [0.717, 1.165) is 6.07 Å². The van der Waals surface area contributed by atoms with Crippen molar-refractivity contribution in [2.75, 3.05) is 5.32 Å². The number of amides is 2. The highest BCUT2D eigenvalue weighted by Gasteiger charge is 2.32. The van der Waals surface area contributed by atoms with E-state index in [4.69, 9.17) is 4.52 Å². The number of halogens is 3. The molecule has 0 saturated heterocycles. The van der Waals surface area contributed by atoms with Crippen LogP contribution in [0.15, 0.2) is 41.4 Å². The number of carbonyl (C=O) groups excluding carboxylic acids is 2. The first-order valence-electron chi connectivity index (χ1n) is 9.48. The van der Waals surface area contributed by atoms with Gasteiger partial charge in [0.25, 0.3) is 11.8 Å². The molecule has 0 saturated carbocycles. The first kappa shape index (κ1) is 21.9. The van der Waals surface area contributed by atoms with Crippen molar-refractivity contribution in [3.63, 3.8) is 0 Å². The van der Waals surface area contributed by atoms with Gasteiger partial charge in [0.05, 0.1) is 18.4 Å². The summed E-state index contributed by atoms with van der Waals surface area (Å²) in [6.45, 7) is 1.24. The van der Waals surface area contributed by atoms with Crippen molar-refractivity contribution in [2.45, 2.75) is 19.6 Å². The maximum absolute atomic E-state index is 13.1. The van der Waals surface area contributed by atoms with E-state index in [1.807, 2.05) is 0 Å². The Morgan fingerprint density at radius 2 is 1.91 bits per heavy atom. The van der Waals surface area contributed by atoms with Crippen molar-refractivity contribution >= 4 is 28.7 Å². The normalized spacial score (nSPS) is 11.5. The number of nitrogens with one attached hydrogen (secondary N) is 2. The standard InChI is InChI=1S/C20H16F3N7O3/c1-10-3-4-11(5-13(10)20(21,22)23)28-18(31)14-6-12(29-33-14)7-24-19(32)16-15-17(26-8-25-16)30(2)9-27-15/h3-6,8-9H,7H2,1-2H3,(H,24,32)(H,28,31). The fraction of sp³-hybridized carbons (Fsp3) is 0.200. The van der Waals surface area contributed by atoms with E-state index in [2.05, 4.69) is 30.7 Å². The lowest BCUT2D eigenvalue weighted by atomic mass is 10.1. The number of alkyl halides is 3. The van der Waals surface area contributed by atoms with Crippen molar-refractivity contribution in [3.05, 3.63) is 65.2 Å². The van der Waals surface area contributed by atoms with E-state index < -0.39 is 23.6 Å². The molecule has 33 heavy (non-hydrogen) atoms. The summed E-state index contributed by atoms with van der Waals surface area (Å²) in [4.78, 5) is 36.9. The number of carbonyl (C=O) groups is 2. The number of anilines is 1. The highest BCUT2D eigenvalue weighted by atomic mass is 19.4. The van der Waals surface area contributed by atoms with Crippen molar-refractivity contribution in [1.82, 2.24) is 30.0 Å². The molecule has 0 aliphatic heterocycles. The Bertz CT molecular complexity index is 1360. The molecular weight excluding hydrogens is 443 g/mol. The average molecular weight is 459 g/mol. The van der Waals surface area contributed by atoms with Crippen LogP contribution in [-0.4, -0.2) is 36.5 Å². The number of benzene rings is 1. The molecule has 2 N–H and O–H groups in total. The van der Waals surface area contributed by atoms with Gasteiger partial charge in [-0.05, 0) is 24.6 Å². The summed E-state index contributed by atoms with van der Waals surface area (Å²) < 4.78 is 45.8. The van der Waals surface area contributed by atoms with Crippen LogP contribution in [0.25, 0.3) is 11.2 Å². The molecule has 0 bridgehead atoms. The van der Waals surface area contributed by atoms with Gasteiger partial charge in [-0.2, -0.15) is 13.2 Å². The van der Waals surface area contributed by atoms with Crippen molar-refractivity contribution in [2.24, 2.45) is 7.05 Å². The topological polar surface area (TPSA) is 128 Å². The molecule has 3 aromatic heterocycles. The third-order valence-electron chi connectivity index (χ3n) is 4.73. The monoisotopic (exact) mass is 459 g/mol. The summed E-state index contributed by atoms with van der Waals surface area (Å²) in [5.41, 5.74) is 0.237. The van der Waals surface area contributed by atoms with Gasteiger partial charge in [-0.25, -0.2) is 15.0 Å². The lowest BCUT2D eigenvalue weighted by Gasteiger charge is -2.12. The number of aromatic nitrogens is 5. The fourth-order valence-corrected chi connectivity index (χ4v) is 3.07. The van der Waals surface area contributed by atoms with Gasteiger partial charge in [-0.15, -0.1) is 0 Å². The Balaban J connectivity index is 1.42. The molecule has 0 aliphatic rings. The molecule has 0 spiro atoms. The summed E-state index contributed by atoms with van der Waals surface area (Å²) in [7, 11) is 1.73. The second-order valence-electron chi connectivity index (χ2n) is 7.10. The summed E-state index contributed by atoms with van der Waals surface area (Å²) in [6.07, 6.45) is -1.80. The zero-order valence-corrected chi connectivity index (χ0v) is 17.3. The van der Waals surface area contributed by atoms with Crippen LogP contribution in [0, 0.1) is 6.92 Å². The Morgan fingerprint density at radius 3 is 2.67 bits per heavy atom. The molecule has 3 heterocycles. The van der Waals surface area contributed by atoms with E-state index in [0.29, 0.717) is 11.2 Å². The van der Waals surface area contributed by atoms with Gasteiger partial charge in [-0.3, -0.25) is 9.59 Å². The lowest BCUT2D eigenvalue weighted by Crippen LogP contribution is -2.24. The molecule has 13 heteroatoms. The van der Waals surface area contributed by atoms with E-state index in [1.54, 1.807) is 11.6 Å². The largest absolute Gasteiger partial charge is 0.416 e. The summed E-state index contributed by atoms with van der Waals surface area (Å²) in [5, 5.41) is 8.63. The molecule has 4 rings (SSSR count). The van der Waals surface area contributed by atoms with Crippen LogP contribution < -0.4 is 10.6 Å². The minimum Gasteiger partial charge on any atom is -0.351 e. The molecule has 0 radical (unpaired) electrons. The predicted octanol–water partition coefficient (Wildman–Crippen LogP) is 2.86. The van der Waals surface area contributed by atoms with Crippen LogP contribution in [0.5, 0.6) is 0 Å². The third kappa shape index (κ3) is 4.51. The maximum atomic E-state index is 13.1. The fourth-order valence-electron chi connectivity index (χ4n) is 3.07. The molecular formula is C20H16F3N7O3. The van der Waals surface area contributed by atoms with E-state index in [-0.39, 0.29) is 34.9 Å². The molecule has 0 aliphatic carbocycles. The minimum absolute atomic E-state index is 0.0323. The molecule has 10 nitrogen and oxygen atoms in total. The number of nitrogens with zero attached hydrogens (tertiary/aromatic N) is 5. The second-order valence-corrected chi connectivity index (χ2v) is 7.10.